The third kappa shape index (κ3) is 4.20. The first-order valence-corrected chi connectivity index (χ1v) is 10.3. The van der Waals surface area contributed by atoms with Crippen LogP contribution in [0.2, 0.25) is 5.02 Å². The lowest BCUT2D eigenvalue weighted by atomic mass is 9.92. The number of nitrogens with zero attached hydrogens (tertiary/aromatic N) is 1. The van der Waals surface area contributed by atoms with Crippen molar-refractivity contribution in [1.29, 1.82) is 0 Å². The third-order valence-corrected chi connectivity index (χ3v) is 7.21. The van der Waals surface area contributed by atoms with Crippen LogP contribution < -0.4 is 5.32 Å². The van der Waals surface area contributed by atoms with Gasteiger partial charge >= 0.3 is 0 Å². The SMILES string of the molecule is CNC(CC1CCCN(S(C)(=O)=O)C1)c1scc(C)c1Cl. The molecule has 4 nitrogen and oxygen atoms in total. The first-order valence-electron chi connectivity index (χ1n) is 7.18. The van der Waals surface area contributed by atoms with Crippen molar-refractivity contribution in [3.63, 3.8) is 0 Å². The fraction of sp³-hybridized carbons (Fsp3) is 0.714. The van der Waals surface area contributed by atoms with Crippen LogP contribution in [0.15, 0.2) is 5.38 Å². The van der Waals surface area contributed by atoms with Gasteiger partial charge in [0.05, 0.1) is 11.3 Å². The zero-order chi connectivity index (χ0) is 15.6. The molecule has 2 rings (SSSR count). The van der Waals surface area contributed by atoms with Crippen LogP contribution in [0, 0.1) is 12.8 Å². The van der Waals surface area contributed by atoms with E-state index in [0.717, 1.165) is 34.7 Å². The molecule has 1 N–H and O–H groups in total. The second-order valence-corrected chi connectivity index (χ2v) is 9.07. The molecule has 0 saturated carbocycles. The summed E-state index contributed by atoms with van der Waals surface area (Å²) in [5, 5.41) is 6.25. The van der Waals surface area contributed by atoms with Crippen LogP contribution in [0.1, 0.15) is 35.7 Å². The third-order valence-electron chi connectivity index (χ3n) is 4.11. The van der Waals surface area contributed by atoms with Crippen molar-refractivity contribution in [1.82, 2.24) is 9.62 Å². The second kappa shape index (κ2) is 6.96. The van der Waals surface area contributed by atoms with E-state index in [1.165, 1.54) is 6.26 Å². The fourth-order valence-corrected chi connectivity index (χ4v) is 5.29. The van der Waals surface area contributed by atoms with E-state index < -0.39 is 10.0 Å². The van der Waals surface area contributed by atoms with Gasteiger partial charge in [0.1, 0.15) is 0 Å². The van der Waals surface area contributed by atoms with Gasteiger partial charge in [0, 0.05) is 24.0 Å². The normalized spacial score (nSPS) is 22.4. The summed E-state index contributed by atoms with van der Waals surface area (Å²) in [5.41, 5.74) is 1.11. The molecule has 1 aromatic rings. The summed E-state index contributed by atoms with van der Waals surface area (Å²) in [5.74, 6) is 0.379. The zero-order valence-corrected chi connectivity index (χ0v) is 15.1. The van der Waals surface area contributed by atoms with E-state index in [-0.39, 0.29) is 6.04 Å². The molecule has 1 saturated heterocycles. The van der Waals surface area contributed by atoms with E-state index in [1.807, 2.05) is 14.0 Å². The minimum atomic E-state index is -3.08. The molecular weight excluding hydrogens is 328 g/mol. The Morgan fingerprint density at radius 1 is 1.57 bits per heavy atom. The monoisotopic (exact) mass is 350 g/mol. The Labute approximate surface area is 136 Å². The molecule has 0 bridgehead atoms. The van der Waals surface area contributed by atoms with Crippen molar-refractivity contribution in [2.75, 3.05) is 26.4 Å². The highest BCUT2D eigenvalue weighted by Crippen LogP contribution is 2.36. The summed E-state index contributed by atoms with van der Waals surface area (Å²) in [7, 11) is -1.14. The van der Waals surface area contributed by atoms with Gasteiger partial charge in [-0.3, -0.25) is 0 Å². The molecule has 2 heterocycles. The van der Waals surface area contributed by atoms with Gasteiger partial charge in [-0.2, -0.15) is 0 Å². The average Bonchev–Trinajstić information content (AvgIpc) is 2.76. The highest BCUT2D eigenvalue weighted by molar-refractivity contribution is 7.88. The summed E-state index contributed by atoms with van der Waals surface area (Å²) in [6.07, 6.45) is 4.23. The van der Waals surface area contributed by atoms with Gasteiger partial charge in [0.15, 0.2) is 0 Å². The van der Waals surface area contributed by atoms with Gasteiger partial charge in [-0.05, 0) is 50.1 Å². The number of halogens is 1. The lowest BCUT2D eigenvalue weighted by Crippen LogP contribution is -2.40. The lowest BCUT2D eigenvalue weighted by molar-refractivity contribution is 0.241. The molecule has 0 amide bonds. The minimum absolute atomic E-state index is 0.195. The molecule has 21 heavy (non-hydrogen) atoms. The molecule has 2 unspecified atom stereocenters. The van der Waals surface area contributed by atoms with E-state index in [0.29, 0.717) is 19.0 Å². The van der Waals surface area contributed by atoms with E-state index >= 15 is 0 Å². The summed E-state index contributed by atoms with van der Waals surface area (Å²) in [6.45, 7) is 3.29. The molecule has 0 aromatic carbocycles. The average molecular weight is 351 g/mol. The Balaban J connectivity index is 2.07. The Morgan fingerprint density at radius 2 is 2.29 bits per heavy atom. The summed E-state index contributed by atoms with van der Waals surface area (Å²) in [6, 6.07) is 0.195. The van der Waals surface area contributed by atoms with Crippen molar-refractivity contribution in [3.8, 4) is 0 Å². The minimum Gasteiger partial charge on any atom is -0.312 e. The summed E-state index contributed by atoms with van der Waals surface area (Å²) >= 11 is 8.04. The number of hydrogen-bond donors (Lipinski definition) is 1. The van der Waals surface area contributed by atoms with Gasteiger partial charge in [-0.15, -0.1) is 11.3 Å². The van der Waals surface area contributed by atoms with Gasteiger partial charge in [0.2, 0.25) is 10.0 Å². The van der Waals surface area contributed by atoms with E-state index in [9.17, 15) is 8.42 Å². The molecule has 120 valence electrons. The Hall–Kier alpha value is -0.140. The maximum atomic E-state index is 11.7. The van der Waals surface area contributed by atoms with E-state index in [2.05, 4.69) is 10.7 Å². The van der Waals surface area contributed by atoms with Gasteiger partial charge < -0.3 is 5.32 Å². The molecule has 2 atom stereocenters. The van der Waals surface area contributed by atoms with Gasteiger partial charge in [-0.25, -0.2) is 12.7 Å². The maximum absolute atomic E-state index is 11.7. The van der Waals surface area contributed by atoms with Crippen molar-refractivity contribution in [2.45, 2.75) is 32.2 Å². The fourth-order valence-electron chi connectivity index (χ4n) is 2.89. The number of aryl methyl sites for hydroxylation is 1. The molecule has 1 aromatic heterocycles. The van der Waals surface area contributed by atoms with E-state index in [1.54, 1.807) is 15.6 Å². The molecule has 0 radical (unpaired) electrons. The van der Waals surface area contributed by atoms with Crippen LogP contribution in [0.5, 0.6) is 0 Å². The standard InChI is InChI=1S/C14H23ClN2O2S2/c1-10-9-20-14(13(10)15)12(16-2)7-11-5-4-6-17(8-11)21(3,18)19/h9,11-12,16H,4-8H2,1-3H3. The first kappa shape index (κ1) is 17.2. The van der Waals surface area contributed by atoms with Crippen LogP contribution in [0.4, 0.5) is 0 Å². The molecular formula is C14H23ClN2O2S2. The quantitative estimate of drug-likeness (QED) is 0.888. The molecule has 7 heteroatoms. The maximum Gasteiger partial charge on any atom is 0.211 e. The van der Waals surface area contributed by atoms with Crippen LogP contribution in [0.3, 0.4) is 0 Å². The number of hydrogen-bond acceptors (Lipinski definition) is 4. The molecule has 0 spiro atoms. The number of thiophene rings is 1. The van der Waals surface area contributed by atoms with Gasteiger partial charge in [0.25, 0.3) is 0 Å². The van der Waals surface area contributed by atoms with Crippen LogP contribution in [-0.4, -0.2) is 39.1 Å². The zero-order valence-electron chi connectivity index (χ0n) is 12.7. The number of piperidine rings is 1. The summed E-state index contributed by atoms with van der Waals surface area (Å²) in [4.78, 5) is 1.16. The number of nitrogens with one attached hydrogen (secondary N) is 1. The van der Waals surface area contributed by atoms with Crippen molar-refractivity contribution in [3.05, 3.63) is 20.8 Å². The number of sulfonamides is 1. The predicted molar refractivity (Wildman–Crippen MR) is 89.6 cm³/mol. The topological polar surface area (TPSA) is 49.4 Å². The highest BCUT2D eigenvalue weighted by Gasteiger charge is 2.28. The predicted octanol–water partition coefficient (Wildman–Crippen LogP) is 3.03. The van der Waals surface area contributed by atoms with Crippen LogP contribution in [0.25, 0.3) is 0 Å². The second-order valence-electron chi connectivity index (χ2n) is 5.80. The Bertz CT molecular complexity index is 586. The summed E-state index contributed by atoms with van der Waals surface area (Å²) < 4.78 is 25.0. The van der Waals surface area contributed by atoms with E-state index in [4.69, 9.17) is 11.6 Å². The lowest BCUT2D eigenvalue weighted by Gasteiger charge is -2.32. The van der Waals surface area contributed by atoms with Crippen molar-refractivity contribution < 1.29 is 8.42 Å². The largest absolute Gasteiger partial charge is 0.312 e. The highest BCUT2D eigenvalue weighted by atomic mass is 35.5. The Morgan fingerprint density at radius 3 is 2.81 bits per heavy atom. The number of rotatable bonds is 5. The van der Waals surface area contributed by atoms with Crippen LogP contribution in [-0.2, 0) is 10.0 Å². The van der Waals surface area contributed by atoms with Crippen molar-refractivity contribution >= 4 is 33.0 Å². The Kier molecular flexibility index (Phi) is 5.71. The molecule has 0 aliphatic carbocycles. The smallest absolute Gasteiger partial charge is 0.211 e. The molecule has 1 aliphatic heterocycles. The molecule has 1 aliphatic rings. The molecule has 1 fully saturated rings. The van der Waals surface area contributed by atoms with Crippen LogP contribution >= 0.6 is 22.9 Å². The van der Waals surface area contributed by atoms with Crippen molar-refractivity contribution in [2.24, 2.45) is 5.92 Å². The first-order chi connectivity index (χ1) is 9.82. The van der Waals surface area contributed by atoms with Gasteiger partial charge in [-0.1, -0.05) is 11.6 Å².